The third-order valence-electron chi connectivity index (χ3n) is 4.81. The van der Waals surface area contributed by atoms with Crippen LogP contribution in [-0.4, -0.2) is 22.0 Å². The standard InChI is InChI=1S/C23H23O3P/c1-16-7-4-10-19(13-16)27(23(26)22(24)25,20-11-5-8-17(2)14-20)21-12-6-9-18(3)15-21/h4-15,23,26H,1-3H3/p+1. The van der Waals surface area contributed by atoms with Crippen molar-refractivity contribution in [1.29, 1.82) is 0 Å². The zero-order valence-electron chi connectivity index (χ0n) is 15.8. The maximum absolute atomic E-state index is 12.1. The normalized spacial score (nSPS) is 12.6. The molecule has 0 bridgehead atoms. The summed E-state index contributed by atoms with van der Waals surface area (Å²) in [6.07, 6.45) is 0. The van der Waals surface area contributed by atoms with Gasteiger partial charge in [0, 0.05) is 0 Å². The summed E-state index contributed by atoms with van der Waals surface area (Å²) in [6.45, 7) is 5.95. The second-order valence-corrected chi connectivity index (χ2v) is 10.4. The molecule has 4 heteroatoms. The largest absolute Gasteiger partial charge is 0.476 e. The topological polar surface area (TPSA) is 57.5 Å². The predicted molar refractivity (Wildman–Crippen MR) is 113 cm³/mol. The van der Waals surface area contributed by atoms with Crippen LogP contribution in [0.3, 0.4) is 0 Å². The monoisotopic (exact) mass is 379 g/mol. The van der Waals surface area contributed by atoms with Crippen LogP contribution in [0.5, 0.6) is 0 Å². The lowest BCUT2D eigenvalue weighted by Crippen LogP contribution is -2.42. The van der Waals surface area contributed by atoms with Crippen LogP contribution in [0.25, 0.3) is 0 Å². The van der Waals surface area contributed by atoms with E-state index in [1.165, 1.54) is 0 Å². The quantitative estimate of drug-likeness (QED) is 0.669. The van der Waals surface area contributed by atoms with Gasteiger partial charge in [-0.25, -0.2) is 4.79 Å². The summed E-state index contributed by atoms with van der Waals surface area (Å²) in [5.74, 6) is -2.73. The van der Waals surface area contributed by atoms with E-state index < -0.39 is 19.1 Å². The van der Waals surface area contributed by atoms with Gasteiger partial charge in [-0.1, -0.05) is 36.4 Å². The Balaban J connectivity index is 2.47. The SMILES string of the molecule is Cc1cccc([P+](c2cccc(C)c2)(c2cccc(C)c2)C(O)C(=O)O)c1. The van der Waals surface area contributed by atoms with Crippen LogP contribution in [0, 0.1) is 20.8 Å². The molecule has 0 aliphatic heterocycles. The molecule has 1 atom stereocenters. The van der Waals surface area contributed by atoms with Crippen LogP contribution in [0.1, 0.15) is 16.7 Å². The van der Waals surface area contributed by atoms with Gasteiger partial charge in [0.2, 0.25) is 0 Å². The molecule has 0 amide bonds. The molecule has 3 rings (SSSR count). The first kappa shape index (κ1) is 19.3. The number of rotatable bonds is 5. The number of carboxylic acid groups (broad SMARTS) is 1. The predicted octanol–water partition coefficient (Wildman–Crippen LogP) is 3.31. The highest BCUT2D eigenvalue weighted by atomic mass is 31.2. The van der Waals surface area contributed by atoms with Gasteiger partial charge in [-0.05, 0) is 73.9 Å². The Bertz CT molecular complexity index is 870. The van der Waals surface area contributed by atoms with Gasteiger partial charge in [0.15, 0.2) is 7.26 Å². The average Bonchev–Trinajstić information content (AvgIpc) is 2.62. The van der Waals surface area contributed by atoms with Gasteiger partial charge in [0.25, 0.3) is 5.85 Å². The molecule has 0 saturated heterocycles. The summed E-state index contributed by atoms with van der Waals surface area (Å²) < 4.78 is 0. The summed E-state index contributed by atoms with van der Waals surface area (Å²) in [5.41, 5.74) is 3.11. The summed E-state index contributed by atoms with van der Waals surface area (Å²) in [7, 11) is -2.83. The van der Waals surface area contributed by atoms with E-state index in [4.69, 9.17) is 0 Å². The molecular weight excluding hydrogens is 355 g/mol. The Kier molecular flexibility index (Phi) is 5.46. The maximum Gasteiger partial charge on any atom is 0.373 e. The molecule has 0 aliphatic rings. The van der Waals surface area contributed by atoms with Crippen molar-refractivity contribution in [2.45, 2.75) is 26.6 Å². The minimum absolute atomic E-state index is 0.869. The van der Waals surface area contributed by atoms with Crippen molar-refractivity contribution in [2.24, 2.45) is 0 Å². The number of aliphatic carboxylic acids is 1. The van der Waals surface area contributed by atoms with E-state index in [2.05, 4.69) is 0 Å². The Morgan fingerprint density at radius 2 is 1.07 bits per heavy atom. The molecule has 0 fully saturated rings. The van der Waals surface area contributed by atoms with Crippen molar-refractivity contribution >= 4 is 29.1 Å². The first-order valence-corrected chi connectivity index (χ1v) is 10.7. The number of carbonyl (C=O) groups is 1. The van der Waals surface area contributed by atoms with Crippen molar-refractivity contribution in [3.8, 4) is 0 Å². The molecule has 0 radical (unpaired) electrons. The fourth-order valence-electron chi connectivity index (χ4n) is 3.58. The third-order valence-corrected chi connectivity index (χ3v) is 9.05. The average molecular weight is 379 g/mol. The lowest BCUT2D eigenvalue weighted by molar-refractivity contribution is -0.142. The zero-order chi connectivity index (χ0) is 19.6. The van der Waals surface area contributed by atoms with E-state index >= 15 is 0 Å². The summed E-state index contributed by atoms with van der Waals surface area (Å²) in [5, 5.41) is 23.6. The van der Waals surface area contributed by atoms with Gasteiger partial charge in [0.05, 0.1) is 0 Å². The Labute approximate surface area is 160 Å². The summed E-state index contributed by atoms with van der Waals surface area (Å²) >= 11 is 0. The highest BCUT2D eigenvalue weighted by molar-refractivity contribution is 7.96. The van der Waals surface area contributed by atoms with Gasteiger partial charge in [-0.15, -0.1) is 0 Å². The lowest BCUT2D eigenvalue weighted by atomic mass is 10.2. The molecule has 3 aromatic rings. The van der Waals surface area contributed by atoms with E-state index in [0.29, 0.717) is 0 Å². The van der Waals surface area contributed by atoms with Crippen LogP contribution >= 0.6 is 7.26 Å². The molecule has 27 heavy (non-hydrogen) atoms. The fraction of sp³-hybridized carbons (Fsp3) is 0.174. The van der Waals surface area contributed by atoms with Crippen molar-refractivity contribution < 1.29 is 15.0 Å². The lowest BCUT2D eigenvalue weighted by Gasteiger charge is -2.30. The smallest absolute Gasteiger partial charge is 0.373 e. The molecule has 0 saturated carbocycles. The van der Waals surface area contributed by atoms with E-state index in [1.54, 1.807) is 0 Å². The van der Waals surface area contributed by atoms with E-state index in [1.807, 2.05) is 93.6 Å². The van der Waals surface area contributed by atoms with Crippen LogP contribution < -0.4 is 15.9 Å². The highest BCUT2D eigenvalue weighted by Crippen LogP contribution is 2.59. The zero-order valence-corrected chi connectivity index (χ0v) is 16.6. The number of aliphatic hydroxyl groups excluding tert-OH is 1. The highest BCUT2D eigenvalue weighted by Gasteiger charge is 2.56. The number of aryl methyl sites for hydroxylation is 3. The maximum atomic E-state index is 12.1. The van der Waals surface area contributed by atoms with E-state index in [0.717, 1.165) is 32.6 Å². The molecule has 0 heterocycles. The van der Waals surface area contributed by atoms with Crippen LogP contribution in [0.4, 0.5) is 0 Å². The Morgan fingerprint density at radius 3 is 1.33 bits per heavy atom. The van der Waals surface area contributed by atoms with Crippen LogP contribution in [-0.2, 0) is 4.79 Å². The first-order chi connectivity index (χ1) is 12.9. The number of benzene rings is 3. The molecule has 1 unspecified atom stereocenters. The second kappa shape index (κ2) is 7.64. The fourth-order valence-corrected chi connectivity index (χ4v) is 7.84. The molecule has 0 aromatic heterocycles. The molecule has 2 N–H and O–H groups in total. The van der Waals surface area contributed by atoms with Crippen LogP contribution in [0.2, 0.25) is 0 Å². The molecule has 0 spiro atoms. The number of aliphatic hydroxyl groups is 1. The van der Waals surface area contributed by atoms with Gasteiger partial charge >= 0.3 is 5.97 Å². The Morgan fingerprint density at radius 1 is 0.741 bits per heavy atom. The van der Waals surface area contributed by atoms with E-state index in [9.17, 15) is 15.0 Å². The third kappa shape index (κ3) is 3.53. The summed E-state index contributed by atoms with van der Waals surface area (Å²) in [4.78, 5) is 12.1. The number of hydrogen-bond acceptors (Lipinski definition) is 2. The molecular formula is C23H24O3P+. The van der Waals surface area contributed by atoms with E-state index in [-0.39, 0.29) is 0 Å². The van der Waals surface area contributed by atoms with Crippen molar-refractivity contribution in [3.63, 3.8) is 0 Å². The van der Waals surface area contributed by atoms with Gasteiger partial charge in [0.1, 0.15) is 15.9 Å². The molecule has 3 nitrogen and oxygen atoms in total. The minimum Gasteiger partial charge on any atom is -0.476 e. The molecule has 0 aliphatic carbocycles. The summed E-state index contributed by atoms with van der Waals surface area (Å²) in [6, 6.07) is 23.6. The van der Waals surface area contributed by atoms with Crippen molar-refractivity contribution in [1.82, 2.24) is 0 Å². The second-order valence-electron chi connectivity index (χ2n) is 6.95. The molecule has 3 aromatic carbocycles. The molecule has 138 valence electrons. The first-order valence-electron chi connectivity index (χ1n) is 8.87. The number of carboxylic acids is 1. The van der Waals surface area contributed by atoms with Gasteiger partial charge in [-0.3, -0.25) is 0 Å². The van der Waals surface area contributed by atoms with Crippen LogP contribution in [0.15, 0.2) is 72.8 Å². The van der Waals surface area contributed by atoms with Gasteiger partial charge in [-0.2, -0.15) is 0 Å². The van der Waals surface area contributed by atoms with Gasteiger partial charge < -0.3 is 10.2 Å². The van der Waals surface area contributed by atoms with Crippen molar-refractivity contribution in [2.75, 3.05) is 0 Å². The minimum atomic E-state index is -2.83. The number of hydrogen-bond donors (Lipinski definition) is 2. The van der Waals surface area contributed by atoms with Crippen molar-refractivity contribution in [3.05, 3.63) is 89.5 Å². The Hall–Kier alpha value is -2.48.